The second-order valence-corrected chi connectivity index (χ2v) is 6.30. The first-order valence-electron chi connectivity index (χ1n) is 7.64. The largest absolute Gasteiger partial charge is 0.467 e. The summed E-state index contributed by atoms with van der Waals surface area (Å²) in [6.45, 7) is 5.77. The number of methoxy groups -OCH3 is 1. The van der Waals surface area contributed by atoms with E-state index >= 15 is 0 Å². The van der Waals surface area contributed by atoms with Crippen molar-refractivity contribution in [3.63, 3.8) is 0 Å². The number of ether oxygens (including phenoxy) is 1. The van der Waals surface area contributed by atoms with Crippen LogP contribution in [0.3, 0.4) is 0 Å². The van der Waals surface area contributed by atoms with Crippen LogP contribution in [0.25, 0.3) is 0 Å². The number of carbonyl (C=O) groups excluding carboxylic acids is 1. The zero-order chi connectivity index (χ0) is 15.5. The van der Waals surface area contributed by atoms with Crippen LogP contribution in [0.4, 0.5) is 0 Å². The third kappa shape index (κ3) is 3.83. The van der Waals surface area contributed by atoms with Gasteiger partial charge in [-0.2, -0.15) is 0 Å². The minimum absolute atomic E-state index is 0.349. The maximum Gasteiger partial charge on any atom is 0.331 e. The van der Waals surface area contributed by atoms with E-state index in [2.05, 4.69) is 18.7 Å². The van der Waals surface area contributed by atoms with Crippen LogP contribution in [-0.4, -0.2) is 37.1 Å². The first-order valence-corrected chi connectivity index (χ1v) is 7.64. The van der Waals surface area contributed by atoms with Gasteiger partial charge in [0, 0.05) is 19.1 Å². The van der Waals surface area contributed by atoms with Gasteiger partial charge in [0.05, 0.1) is 7.11 Å². The van der Waals surface area contributed by atoms with Crippen molar-refractivity contribution in [2.24, 2.45) is 11.7 Å². The predicted molar refractivity (Wildman–Crippen MR) is 83.8 cm³/mol. The zero-order valence-electron chi connectivity index (χ0n) is 13.2. The van der Waals surface area contributed by atoms with E-state index < -0.39 is 5.54 Å². The van der Waals surface area contributed by atoms with E-state index in [0.29, 0.717) is 12.6 Å². The molecule has 0 heterocycles. The summed E-state index contributed by atoms with van der Waals surface area (Å²) in [6.07, 6.45) is 2.56. The lowest BCUT2D eigenvalue weighted by Gasteiger charge is -2.36. The van der Waals surface area contributed by atoms with Crippen molar-refractivity contribution < 1.29 is 9.53 Å². The molecule has 2 rings (SSSR count). The zero-order valence-corrected chi connectivity index (χ0v) is 13.2. The van der Waals surface area contributed by atoms with Crippen molar-refractivity contribution in [2.75, 3.05) is 20.2 Å². The summed E-state index contributed by atoms with van der Waals surface area (Å²) in [4.78, 5) is 14.6. The summed E-state index contributed by atoms with van der Waals surface area (Å²) in [5.74, 6) is 0.375. The monoisotopic (exact) mass is 290 g/mol. The fourth-order valence-electron chi connectivity index (χ4n) is 2.60. The van der Waals surface area contributed by atoms with Gasteiger partial charge in [0.1, 0.15) is 0 Å². The molecule has 1 aliphatic carbocycles. The molecule has 0 bridgehead atoms. The number of nitrogens with zero attached hydrogens (tertiary/aromatic N) is 1. The molecule has 1 atom stereocenters. The Balaban J connectivity index is 2.24. The van der Waals surface area contributed by atoms with Gasteiger partial charge in [-0.1, -0.05) is 30.3 Å². The van der Waals surface area contributed by atoms with Crippen LogP contribution in [-0.2, 0) is 15.1 Å². The molecule has 1 aromatic rings. The molecule has 0 radical (unpaired) electrons. The van der Waals surface area contributed by atoms with Crippen LogP contribution in [0.15, 0.2) is 30.3 Å². The van der Waals surface area contributed by atoms with Crippen molar-refractivity contribution >= 4 is 5.97 Å². The minimum Gasteiger partial charge on any atom is -0.467 e. The Labute approximate surface area is 127 Å². The highest BCUT2D eigenvalue weighted by molar-refractivity contribution is 5.82. The number of rotatable bonds is 7. The first kappa shape index (κ1) is 16.0. The van der Waals surface area contributed by atoms with Crippen LogP contribution >= 0.6 is 0 Å². The van der Waals surface area contributed by atoms with E-state index in [1.165, 1.54) is 20.0 Å². The molecular formula is C17H26N2O2. The summed E-state index contributed by atoms with van der Waals surface area (Å²) in [7, 11) is 1.40. The molecule has 4 nitrogen and oxygen atoms in total. The van der Waals surface area contributed by atoms with Gasteiger partial charge < -0.3 is 10.5 Å². The van der Waals surface area contributed by atoms with Gasteiger partial charge in [0.2, 0.25) is 0 Å². The highest BCUT2D eigenvalue weighted by atomic mass is 16.5. The maximum atomic E-state index is 12.3. The average molecular weight is 290 g/mol. The summed E-state index contributed by atoms with van der Waals surface area (Å²) in [6, 6.07) is 9.87. The molecule has 0 amide bonds. The number of nitrogens with two attached hydrogens (primary N) is 1. The molecule has 1 unspecified atom stereocenters. The fraction of sp³-hybridized carbons (Fsp3) is 0.588. The molecular weight excluding hydrogens is 264 g/mol. The summed E-state index contributed by atoms with van der Waals surface area (Å²) >= 11 is 0. The maximum absolute atomic E-state index is 12.3. The molecule has 1 saturated carbocycles. The second-order valence-electron chi connectivity index (χ2n) is 6.30. The van der Waals surface area contributed by atoms with Gasteiger partial charge in [-0.3, -0.25) is 4.90 Å². The lowest BCUT2D eigenvalue weighted by molar-refractivity contribution is -0.148. The molecule has 2 N–H and O–H groups in total. The van der Waals surface area contributed by atoms with Crippen LogP contribution in [0.5, 0.6) is 0 Å². The molecule has 1 aromatic carbocycles. The molecule has 0 aliphatic heterocycles. The van der Waals surface area contributed by atoms with Crippen molar-refractivity contribution in [3.05, 3.63) is 35.9 Å². The van der Waals surface area contributed by atoms with Gasteiger partial charge in [-0.05, 0) is 38.2 Å². The normalized spacial score (nSPS) is 17.8. The van der Waals surface area contributed by atoms with E-state index in [4.69, 9.17) is 10.5 Å². The van der Waals surface area contributed by atoms with Crippen molar-refractivity contribution in [1.82, 2.24) is 4.90 Å². The Morgan fingerprint density at radius 2 is 2.00 bits per heavy atom. The third-order valence-corrected chi connectivity index (χ3v) is 4.21. The highest BCUT2D eigenvalue weighted by Crippen LogP contribution is 2.31. The molecule has 1 aliphatic rings. The first-order chi connectivity index (χ1) is 9.97. The number of carbonyl (C=O) groups is 1. The molecule has 1 fully saturated rings. The summed E-state index contributed by atoms with van der Waals surface area (Å²) in [5.41, 5.74) is 6.18. The molecule has 0 aromatic heterocycles. The Kier molecular flexibility index (Phi) is 5.01. The number of hydrogen-bond donors (Lipinski definition) is 1. The topological polar surface area (TPSA) is 55.6 Å². The Morgan fingerprint density at radius 3 is 2.48 bits per heavy atom. The Morgan fingerprint density at radius 1 is 1.38 bits per heavy atom. The van der Waals surface area contributed by atoms with E-state index in [-0.39, 0.29) is 5.97 Å². The summed E-state index contributed by atoms with van der Waals surface area (Å²) < 4.78 is 4.98. The predicted octanol–water partition coefficient (Wildman–Crippen LogP) is 2.13. The number of benzene rings is 1. The highest BCUT2D eigenvalue weighted by Gasteiger charge is 2.40. The van der Waals surface area contributed by atoms with Gasteiger partial charge in [-0.15, -0.1) is 0 Å². The average Bonchev–Trinajstić information content (AvgIpc) is 3.30. The summed E-state index contributed by atoms with van der Waals surface area (Å²) in [5, 5.41) is 0. The molecule has 21 heavy (non-hydrogen) atoms. The van der Waals surface area contributed by atoms with Crippen LogP contribution in [0.2, 0.25) is 0 Å². The molecule has 116 valence electrons. The van der Waals surface area contributed by atoms with Crippen molar-refractivity contribution in [2.45, 2.75) is 38.3 Å². The van der Waals surface area contributed by atoms with Gasteiger partial charge in [0.15, 0.2) is 5.54 Å². The smallest absolute Gasteiger partial charge is 0.331 e. The van der Waals surface area contributed by atoms with E-state index in [9.17, 15) is 4.79 Å². The fourth-order valence-corrected chi connectivity index (χ4v) is 2.60. The minimum atomic E-state index is -1.12. The standard InChI is InChI=1S/C17H26N2O2/c1-13(2)19(11-14-9-10-14)12-17(18,16(20)21-3)15-7-5-4-6-8-15/h4-8,13-14H,9-12,18H2,1-3H3. The van der Waals surface area contributed by atoms with Crippen molar-refractivity contribution in [1.29, 1.82) is 0 Å². The molecule has 0 saturated heterocycles. The van der Waals surface area contributed by atoms with E-state index in [1.54, 1.807) is 0 Å². The quantitative estimate of drug-likeness (QED) is 0.782. The van der Waals surface area contributed by atoms with E-state index in [1.807, 2.05) is 30.3 Å². The SMILES string of the molecule is COC(=O)C(N)(CN(CC1CC1)C(C)C)c1ccccc1. The third-order valence-electron chi connectivity index (χ3n) is 4.21. The van der Waals surface area contributed by atoms with Crippen molar-refractivity contribution in [3.8, 4) is 0 Å². The number of esters is 1. The number of hydrogen-bond acceptors (Lipinski definition) is 4. The van der Waals surface area contributed by atoms with Crippen LogP contribution in [0.1, 0.15) is 32.3 Å². The van der Waals surface area contributed by atoms with Gasteiger partial charge in [-0.25, -0.2) is 4.79 Å². The van der Waals surface area contributed by atoms with Crippen LogP contribution in [0, 0.1) is 5.92 Å². The molecule has 4 heteroatoms. The Hall–Kier alpha value is -1.39. The Bertz CT molecular complexity index is 471. The molecule has 0 spiro atoms. The van der Waals surface area contributed by atoms with Gasteiger partial charge in [0.25, 0.3) is 0 Å². The van der Waals surface area contributed by atoms with E-state index in [0.717, 1.165) is 18.0 Å². The van der Waals surface area contributed by atoms with Gasteiger partial charge >= 0.3 is 5.97 Å². The second kappa shape index (κ2) is 6.58. The lowest BCUT2D eigenvalue weighted by atomic mass is 9.89. The van der Waals surface area contributed by atoms with Crippen LogP contribution < -0.4 is 5.73 Å². The lowest BCUT2D eigenvalue weighted by Crippen LogP contribution is -2.55.